The minimum atomic E-state index is 0.606. The zero-order valence-corrected chi connectivity index (χ0v) is 21.3. The molecule has 6 nitrogen and oxygen atoms in total. The Bertz CT molecular complexity index is 1320. The van der Waals surface area contributed by atoms with Gasteiger partial charge >= 0.3 is 0 Å². The number of aromatic nitrogens is 2. The lowest BCUT2D eigenvalue weighted by Crippen LogP contribution is -2.48. The minimum absolute atomic E-state index is 0.606. The van der Waals surface area contributed by atoms with E-state index in [9.17, 15) is 0 Å². The average Bonchev–Trinajstić information content (AvgIpc) is 3.27. The second-order valence-corrected chi connectivity index (χ2v) is 9.45. The number of hydrogen-bond donors (Lipinski definition) is 0. The Labute approximate surface area is 207 Å². The van der Waals surface area contributed by atoms with Crippen LogP contribution < -0.4 is 14.4 Å². The van der Waals surface area contributed by atoms with Crippen LogP contribution in [0.2, 0.25) is 0 Å². The third-order valence-electron chi connectivity index (χ3n) is 7.11. The average molecular weight is 471 g/mol. The van der Waals surface area contributed by atoms with Crippen molar-refractivity contribution in [2.24, 2.45) is 7.05 Å². The third kappa shape index (κ3) is 4.46. The summed E-state index contributed by atoms with van der Waals surface area (Å²) in [5.74, 6) is 1.40. The lowest BCUT2D eigenvalue weighted by molar-refractivity contribution is 0.209. The summed E-state index contributed by atoms with van der Waals surface area (Å²) in [7, 11) is 5.38. The van der Waals surface area contributed by atoms with Gasteiger partial charge in [-0.25, -0.2) is 4.98 Å². The Hall–Kier alpha value is -3.51. The van der Waals surface area contributed by atoms with Gasteiger partial charge in [0.05, 0.1) is 30.9 Å². The third-order valence-corrected chi connectivity index (χ3v) is 7.11. The number of benzene rings is 2. The summed E-state index contributed by atoms with van der Waals surface area (Å²) >= 11 is 0. The molecular formula is C29H34N4O2. The van der Waals surface area contributed by atoms with Crippen LogP contribution in [0.1, 0.15) is 13.8 Å². The molecule has 3 heterocycles. The van der Waals surface area contributed by atoms with Crippen LogP contribution >= 0.6 is 0 Å². The van der Waals surface area contributed by atoms with E-state index in [2.05, 4.69) is 77.9 Å². The van der Waals surface area contributed by atoms with Gasteiger partial charge in [-0.05, 0) is 61.9 Å². The first-order chi connectivity index (χ1) is 17.0. The summed E-state index contributed by atoms with van der Waals surface area (Å²) in [6, 6.07) is 19.8. The summed E-state index contributed by atoms with van der Waals surface area (Å²) < 4.78 is 13.1. The Balaban J connectivity index is 1.53. The first-order valence-electron chi connectivity index (χ1n) is 12.3. The molecule has 0 unspecified atom stereocenters. The topological polar surface area (TPSA) is 42.8 Å². The van der Waals surface area contributed by atoms with E-state index >= 15 is 0 Å². The Morgan fingerprint density at radius 2 is 1.49 bits per heavy atom. The van der Waals surface area contributed by atoms with E-state index in [0.717, 1.165) is 59.6 Å². The van der Waals surface area contributed by atoms with Gasteiger partial charge in [-0.15, -0.1) is 0 Å². The van der Waals surface area contributed by atoms with Gasteiger partial charge in [-0.3, -0.25) is 4.90 Å². The molecule has 1 aliphatic rings. The van der Waals surface area contributed by atoms with E-state index in [-0.39, 0.29) is 0 Å². The van der Waals surface area contributed by atoms with Crippen molar-refractivity contribution in [2.45, 2.75) is 19.9 Å². The molecule has 0 amide bonds. The van der Waals surface area contributed by atoms with Crippen molar-refractivity contribution < 1.29 is 9.47 Å². The summed E-state index contributed by atoms with van der Waals surface area (Å²) in [6.45, 7) is 8.89. The molecule has 5 rings (SSSR count). The molecule has 2 aromatic heterocycles. The van der Waals surface area contributed by atoms with Gasteiger partial charge in [-0.1, -0.05) is 12.1 Å². The maximum Gasteiger partial charge on any atom is 0.161 e. The van der Waals surface area contributed by atoms with Gasteiger partial charge in [0.25, 0.3) is 0 Å². The number of methoxy groups -OCH3 is 2. The van der Waals surface area contributed by atoms with Crippen molar-refractivity contribution in [2.75, 3.05) is 45.3 Å². The van der Waals surface area contributed by atoms with Crippen LogP contribution in [0.4, 0.5) is 5.69 Å². The van der Waals surface area contributed by atoms with E-state index in [0.29, 0.717) is 17.5 Å². The van der Waals surface area contributed by atoms with Crippen LogP contribution in [-0.4, -0.2) is 60.9 Å². The highest BCUT2D eigenvalue weighted by Crippen LogP contribution is 2.38. The van der Waals surface area contributed by atoms with Crippen molar-refractivity contribution in [3.63, 3.8) is 0 Å². The SMILES string of the molecule is COc1ccc(-c2nc3ccn(C)c3cc2-c2ccc(N3CCN(C(C)C)CC3)cc2)cc1OC. The molecule has 182 valence electrons. The fourth-order valence-electron chi connectivity index (χ4n) is 4.96. The molecule has 35 heavy (non-hydrogen) atoms. The van der Waals surface area contributed by atoms with Crippen molar-refractivity contribution in [1.82, 2.24) is 14.5 Å². The molecule has 0 atom stereocenters. The number of rotatable bonds is 6. The molecule has 4 aromatic rings. The van der Waals surface area contributed by atoms with Crippen molar-refractivity contribution >= 4 is 16.7 Å². The quantitative estimate of drug-likeness (QED) is 0.375. The lowest BCUT2D eigenvalue weighted by Gasteiger charge is -2.38. The van der Waals surface area contributed by atoms with Crippen molar-refractivity contribution in [3.8, 4) is 33.9 Å². The molecule has 1 saturated heterocycles. The Morgan fingerprint density at radius 1 is 0.800 bits per heavy atom. The first kappa shape index (κ1) is 23.2. The summed E-state index contributed by atoms with van der Waals surface area (Å²) in [5, 5.41) is 0. The second kappa shape index (κ2) is 9.62. The maximum absolute atomic E-state index is 5.57. The highest BCUT2D eigenvalue weighted by molar-refractivity contribution is 5.91. The van der Waals surface area contributed by atoms with Gasteiger partial charge in [0.15, 0.2) is 11.5 Å². The number of ether oxygens (including phenoxy) is 2. The molecule has 1 aliphatic heterocycles. The molecule has 0 aliphatic carbocycles. The minimum Gasteiger partial charge on any atom is -0.493 e. The maximum atomic E-state index is 5.57. The van der Waals surface area contributed by atoms with E-state index in [1.165, 1.54) is 5.69 Å². The molecule has 0 saturated carbocycles. The van der Waals surface area contributed by atoms with Gasteiger partial charge in [0.1, 0.15) is 0 Å². The normalized spacial score (nSPS) is 14.6. The predicted octanol–water partition coefficient (Wildman–Crippen LogP) is 5.45. The number of anilines is 1. The van der Waals surface area contributed by atoms with Crippen LogP contribution in [0.5, 0.6) is 11.5 Å². The van der Waals surface area contributed by atoms with Crippen LogP contribution in [0, 0.1) is 0 Å². The molecule has 1 fully saturated rings. The Morgan fingerprint density at radius 3 is 2.14 bits per heavy atom. The van der Waals surface area contributed by atoms with E-state index < -0.39 is 0 Å². The van der Waals surface area contributed by atoms with Gasteiger partial charge in [0.2, 0.25) is 0 Å². The van der Waals surface area contributed by atoms with Crippen LogP contribution in [0.3, 0.4) is 0 Å². The molecular weight excluding hydrogens is 436 g/mol. The summed E-state index contributed by atoms with van der Waals surface area (Å²) in [4.78, 5) is 10.1. The highest BCUT2D eigenvalue weighted by atomic mass is 16.5. The summed E-state index contributed by atoms with van der Waals surface area (Å²) in [5.41, 5.74) is 7.54. The standard InChI is InChI=1S/C29H34N4O2/c1-20(2)32-14-16-33(17-15-32)23-9-6-21(7-10-23)24-19-26-25(12-13-31(26)3)30-29(24)22-8-11-27(34-4)28(18-22)35-5/h6-13,18-20H,14-17H2,1-5H3. The number of piperazine rings is 1. The van der Waals surface area contributed by atoms with Crippen LogP contribution in [0.15, 0.2) is 60.8 Å². The van der Waals surface area contributed by atoms with E-state index in [1.54, 1.807) is 14.2 Å². The van der Waals surface area contributed by atoms with Gasteiger partial charge < -0.3 is 18.9 Å². The molecule has 0 spiro atoms. The largest absolute Gasteiger partial charge is 0.493 e. The molecule has 6 heteroatoms. The number of nitrogens with zero attached hydrogens (tertiary/aromatic N) is 4. The monoisotopic (exact) mass is 470 g/mol. The lowest BCUT2D eigenvalue weighted by atomic mass is 9.98. The Kier molecular flexibility index (Phi) is 6.39. The predicted molar refractivity (Wildman–Crippen MR) is 144 cm³/mol. The number of aryl methyl sites for hydroxylation is 1. The molecule has 2 aromatic carbocycles. The fourth-order valence-corrected chi connectivity index (χ4v) is 4.96. The fraction of sp³-hybridized carbons (Fsp3) is 0.345. The summed E-state index contributed by atoms with van der Waals surface area (Å²) in [6.07, 6.45) is 2.06. The van der Waals surface area contributed by atoms with Crippen molar-refractivity contribution in [3.05, 3.63) is 60.8 Å². The van der Waals surface area contributed by atoms with Crippen molar-refractivity contribution in [1.29, 1.82) is 0 Å². The second-order valence-electron chi connectivity index (χ2n) is 9.45. The van der Waals surface area contributed by atoms with E-state index in [4.69, 9.17) is 14.5 Å². The van der Waals surface area contributed by atoms with Crippen LogP contribution in [0.25, 0.3) is 33.4 Å². The highest BCUT2D eigenvalue weighted by Gasteiger charge is 2.20. The zero-order valence-electron chi connectivity index (χ0n) is 21.3. The molecule has 0 radical (unpaired) electrons. The number of fused-ring (bicyclic) bond motifs is 1. The molecule has 0 N–H and O–H groups in total. The zero-order chi connectivity index (χ0) is 24.5. The van der Waals surface area contributed by atoms with Crippen LogP contribution in [-0.2, 0) is 7.05 Å². The number of pyridine rings is 1. The first-order valence-corrected chi connectivity index (χ1v) is 12.3. The molecule has 0 bridgehead atoms. The van der Waals surface area contributed by atoms with E-state index in [1.807, 2.05) is 18.2 Å². The van der Waals surface area contributed by atoms with Gasteiger partial charge in [-0.2, -0.15) is 0 Å². The smallest absolute Gasteiger partial charge is 0.161 e. The number of hydrogen-bond acceptors (Lipinski definition) is 5. The van der Waals surface area contributed by atoms with Gasteiger partial charge in [0, 0.05) is 62.3 Å².